The van der Waals surface area contributed by atoms with E-state index in [-0.39, 0.29) is 14.6 Å². The summed E-state index contributed by atoms with van der Waals surface area (Å²) in [5.74, 6) is 4.84. The lowest BCUT2D eigenvalue weighted by Crippen LogP contribution is -2.37. The van der Waals surface area contributed by atoms with Crippen molar-refractivity contribution in [1.29, 1.82) is 0 Å². The molecular weight excluding hydrogens is 264 g/mol. The van der Waals surface area contributed by atoms with Crippen molar-refractivity contribution in [3.8, 4) is 0 Å². The summed E-state index contributed by atoms with van der Waals surface area (Å²) in [4.78, 5) is 11.0. The second-order valence-corrected chi connectivity index (χ2v) is 6.46. The van der Waals surface area contributed by atoms with E-state index in [1.807, 2.05) is 6.92 Å². The van der Waals surface area contributed by atoms with Gasteiger partial charge >= 0.3 is 0 Å². The number of halogens is 2. The molecule has 0 unspecified atom stereocenters. The third-order valence-electron chi connectivity index (χ3n) is 1.89. The number of nitrogens with two attached hydrogens (primary N) is 1. The first kappa shape index (κ1) is 8.49. The number of rotatable bonds is 1. The fraction of sp³-hybridized carbons (Fsp3) is 0.800. The van der Waals surface area contributed by atoms with E-state index < -0.39 is 0 Å². The van der Waals surface area contributed by atoms with Gasteiger partial charge in [-0.05, 0) is 13.3 Å². The second-order valence-electron chi connectivity index (χ2n) is 2.69. The highest BCUT2D eigenvalue weighted by Gasteiger charge is 2.66. The summed E-state index contributed by atoms with van der Waals surface area (Å²) in [6.45, 7) is 1.85. The Morgan fingerprint density at radius 2 is 2.10 bits per heavy atom. The molecule has 3 N–H and O–H groups in total. The minimum Gasteiger partial charge on any atom is -0.294 e. The summed E-state index contributed by atoms with van der Waals surface area (Å²) in [6.07, 6.45) is 0.767. The van der Waals surface area contributed by atoms with E-state index in [0.717, 1.165) is 6.42 Å². The summed E-state index contributed by atoms with van der Waals surface area (Å²) in [5, 5.41) is 0. The lowest BCUT2D eigenvalue weighted by Gasteiger charge is -2.08. The number of carbonyl (C=O) groups excluding carboxylic acids is 1. The van der Waals surface area contributed by atoms with Crippen molar-refractivity contribution in [3.05, 3.63) is 0 Å². The Bertz CT molecular complexity index is 182. The number of nitrogens with one attached hydrogen (secondary N) is 1. The van der Waals surface area contributed by atoms with Gasteiger partial charge in [-0.3, -0.25) is 10.2 Å². The summed E-state index contributed by atoms with van der Waals surface area (Å²) < 4.78 is -0.240. The molecule has 10 heavy (non-hydrogen) atoms. The number of hydrogen-bond donors (Lipinski definition) is 2. The molecule has 1 atom stereocenters. The molecule has 1 aliphatic carbocycles. The van der Waals surface area contributed by atoms with E-state index in [2.05, 4.69) is 37.3 Å². The van der Waals surface area contributed by atoms with E-state index in [9.17, 15) is 4.79 Å². The van der Waals surface area contributed by atoms with Crippen LogP contribution in [0.15, 0.2) is 0 Å². The highest BCUT2D eigenvalue weighted by molar-refractivity contribution is 9.25. The number of amides is 1. The highest BCUT2D eigenvalue weighted by atomic mass is 79.9. The van der Waals surface area contributed by atoms with Crippen LogP contribution in [0.4, 0.5) is 0 Å². The van der Waals surface area contributed by atoms with E-state index >= 15 is 0 Å². The topological polar surface area (TPSA) is 55.1 Å². The predicted molar refractivity (Wildman–Crippen MR) is 45.6 cm³/mol. The maximum Gasteiger partial charge on any atom is 0.242 e. The third-order valence-corrected chi connectivity index (χ3v) is 4.20. The lowest BCUT2D eigenvalue weighted by molar-refractivity contribution is -0.125. The fourth-order valence-corrected chi connectivity index (χ4v) is 2.29. The van der Waals surface area contributed by atoms with Crippen LogP contribution in [-0.4, -0.2) is 9.14 Å². The Hall–Kier alpha value is 0.390. The van der Waals surface area contributed by atoms with Gasteiger partial charge < -0.3 is 0 Å². The zero-order valence-electron chi connectivity index (χ0n) is 5.45. The molecule has 58 valence electrons. The largest absolute Gasteiger partial charge is 0.294 e. The third kappa shape index (κ3) is 1.00. The van der Waals surface area contributed by atoms with E-state index in [1.165, 1.54) is 0 Å². The van der Waals surface area contributed by atoms with Gasteiger partial charge in [-0.25, -0.2) is 5.84 Å². The molecular formula is C5H8Br2N2O. The molecule has 0 saturated heterocycles. The average molecular weight is 272 g/mol. The van der Waals surface area contributed by atoms with E-state index in [4.69, 9.17) is 5.84 Å². The Morgan fingerprint density at radius 3 is 2.20 bits per heavy atom. The van der Waals surface area contributed by atoms with Crippen LogP contribution in [0.25, 0.3) is 0 Å². The molecule has 1 amide bonds. The normalized spacial score (nSPS) is 35.2. The molecule has 0 aliphatic heterocycles. The molecule has 3 nitrogen and oxygen atoms in total. The van der Waals surface area contributed by atoms with Crippen molar-refractivity contribution >= 4 is 37.8 Å². The van der Waals surface area contributed by atoms with Crippen LogP contribution in [0.3, 0.4) is 0 Å². The predicted octanol–water partition coefficient (Wildman–Crippen LogP) is 0.872. The van der Waals surface area contributed by atoms with Gasteiger partial charge in [0, 0.05) is 0 Å². The van der Waals surface area contributed by atoms with E-state index in [0.29, 0.717) is 0 Å². The zero-order valence-corrected chi connectivity index (χ0v) is 8.62. The number of alkyl halides is 2. The van der Waals surface area contributed by atoms with Crippen LogP contribution in [-0.2, 0) is 4.79 Å². The Kier molecular flexibility index (Phi) is 1.85. The first-order valence-corrected chi connectivity index (χ1v) is 4.41. The molecule has 0 aromatic carbocycles. The molecule has 0 spiro atoms. The number of carbonyl (C=O) groups is 1. The first-order valence-electron chi connectivity index (χ1n) is 2.83. The molecule has 0 heterocycles. The van der Waals surface area contributed by atoms with Gasteiger partial charge in [0.25, 0.3) is 0 Å². The van der Waals surface area contributed by atoms with Crippen LogP contribution < -0.4 is 11.3 Å². The fourth-order valence-electron chi connectivity index (χ4n) is 0.806. The van der Waals surface area contributed by atoms with Crippen LogP contribution >= 0.6 is 31.9 Å². The first-order chi connectivity index (χ1) is 4.44. The van der Waals surface area contributed by atoms with Gasteiger partial charge in [0.2, 0.25) is 5.91 Å². The van der Waals surface area contributed by atoms with Crippen LogP contribution in [0, 0.1) is 5.41 Å². The van der Waals surface area contributed by atoms with Gasteiger partial charge in [0.15, 0.2) is 0 Å². The zero-order chi connectivity index (χ0) is 7.99. The molecule has 5 heteroatoms. The molecule has 0 aromatic heterocycles. The van der Waals surface area contributed by atoms with Gasteiger partial charge in [-0.2, -0.15) is 0 Å². The van der Waals surface area contributed by atoms with Crippen molar-refractivity contribution in [3.63, 3.8) is 0 Å². The summed E-state index contributed by atoms with van der Waals surface area (Å²) >= 11 is 6.70. The molecule has 1 aliphatic rings. The minimum atomic E-state index is -0.387. The highest BCUT2D eigenvalue weighted by Crippen LogP contribution is 2.66. The van der Waals surface area contributed by atoms with Crippen LogP contribution in [0.2, 0.25) is 0 Å². The summed E-state index contributed by atoms with van der Waals surface area (Å²) in [5.41, 5.74) is 1.74. The molecule has 0 bridgehead atoms. The maximum absolute atomic E-state index is 11.0. The minimum absolute atomic E-state index is 0.138. The molecule has 1 saturated carbocycles. The SMILES string of the molecule is C[C@]1(C(=O)NN)CC1(Br)Br. The quantitative estimate of drug-likeness (QED) is 0.322. The van der Waals surface area contributed by atoms with Crippen LogP contribution in [0.5, 0.6) is 0 Å². The molecule has 0 aromatic rings. The Morgan fingerprint density at radius 1 is 1.70 bits per heavy atom. The standard InChI is InChI=1S/C5H8Br2N2O/c1-4(3(10)9-8)2-5(4,6)7/h2,8H2,1H3,(H,9,10)/t4-/m1/s1. The van der Waals surface area contributed by atoms with Crippen molar-refractivity contribution in [2.45, 2.75) is 16.6 Å². The van der Waals surface area contributed by atoms with E-state index in [1.54, 1.807) is 0 Å². The number of hydrogen-bond acceptors (Lipinski definition) is 2. The monoisotopic (exact) mass is 270 g/mol. The second kappa shape index (κ2) is 2.19. The number of hydrazine groups is 1. The molecule has 1 rings (SSSR count). The van der Waals surface area contributed by atoms with Crippen molar-refractivity contribution in [2.75, 3.05) is 0 Å². The summed E-state index contributed by atoms with van der Waals surface area (Å²) in [7, 11) is 0. The van der Waals surface area contributed by atoms with Gasteiger partial charge in [-0.1, -0.05) is 31.9 Å². The molecule has 0 radical (unpaired) electrons. The van der Waals surface area contributed by atoms with Crippen molar-refractivity contribution in [2.24, 2.45) is 11.3 Å². The van der Waals surface area contributed by atoms with Crippen molar-refractivity contribution in [1.82, 2.24) is 5.43 Å². The van der Waals surface area contributed by atoms with Gasteiger partial charge in [0.05, 0.1) is 8.65 Å². The maximum atomic E-state index is 11.0. The van der Waals surface area contributed by atoms with Crippen LogP contribution in [0.1, 0.15) is 13.3 Å². The lowest BCUT2D eigenvalue weighted by atomic mass is 10.1. The van der Waals surface area contributed by atoms with Gasteiger partial charge in [0.1, 0.15) is 0 Å². The van der Waals surface area contributed by atoms with Crippen molar-refractivity contribution < 1.29 is 4.79 Å². The van der Waals surface area contributed by atoms with Gasteiger partial charge in [-0.15, -0.1) is 0 Å². The smallest absolute Gasteiger partial charge is 0.242 e. The average Bonchev–Trinajstić information content (AvgIpc) is 2.32. The Balaban J connectivity index is 2.68. The molecule has 1 fully saturated rings. The summed E-state index contributed by atoms with van der Waals surface area (Å²) in [6, 6.07) is 0. The Labute approximate surface area is 75.9 Å².